The van der Waals surface area contributed by atoms with Gasteiger partial charge in [-0.25, -0.2) is 14.8 Å². The lowest BCUT2D eigenvalue weighted by Gasteiger charge is -2.24. The molecule has 41 heavy (non-hydrogen) atoms. The number of aromatic nitrogens is 5. The maximum atomic E-state index is 13.3. The number of aryl methyl sites for hydroxylation is 1. The number of imidazole rings is 1. The molecule has 0 spiro atoms. The predicted molar refractivity (Wildman–Crippen MR) is 144 cm³/mol. The van der Waals surface area contributed by atoms with E-state index in [2.05, 4.69) is 15.3 Å². The molecular weight excluding hydrogens is 541 g/mol. The fraction of sp³-hybridized carbons (Fsp3) is 0.393. The Morgan fingerprint density at radius 2 is 1.71 bits per heavy atom. The van der Waals surface area contributed by atoms with E-state index >= 15 is 0 Å². The number of pyridine rings is 1. The summed E-state index contributed by atoms with van der Waals surface area (Å²) in [6.07, 6.45) is -0.802. The van der Waals surface area contributed by atoms with Crippen molar-refractivity contribution in [2.75, 3.05) is 6.54 Å². The van der Waals surface area contributed by atoms with Crippen molar-refractivity contribution >= 4 is 17.1 Å². The monoisotopic (exact) mass is 570 g/mol. The third-order valence-corrected chi connectivity index (χ3v) is 7.06. The summed E-state index contributed by atoms with van der Waals surface area (Å²) >= 11 is 0. The number of amides is 1. The summed E-state index contributed by atoms with van der Waals surface area (Å²) in [6, 6.07) is 7.91. The van der Waals surface area contributed by atoms with Gasteiger partial charge in [0.25, 0.3) is 5.56 Å². The lowest BCUT2D eigenvalue weighted by atomic mass is 9.94. The van der Waals surface area contributed by atoms with Gasteiger partial charge in [0.1, 0.15) is 12.4 Å². The number of nitrogens with one attached hydrogen (secondary N) is 1. The number of benzene rings is 1. The van der Waals surface area contributed by atoms with Crippen molar-refractivity contribution in [3.05, 3.63) is 80.9 Å². The quantitative estimate of drug-likeness (QED) is 0.327. The van der Waals surface area contributed by atoms with Crippen LogP contribution in [0.5, 0.6) is 5.88 Å². The second-order valence-electron chi connectivity index (χ2n) is 9.96. The molecule has 1 fully saturated rings. The number of halogens is 3. The highest BCUT2D eigenvalue weighted by atomic mass is 19.4. The summed E-state index contributed by atoms with van der Waals surface area (Å²) < 4.78 is 49.7. The molecule has 13 heteroatoms. The van der Waals surface area contributed by atoms with Gasteiger partial charge in [-0.05, 0) is 36.6 Å². The zero-order valence-corrected chi connectivity index (χ0v) is 22.5. The van der Waals surface area contributed by atoms with E-state index in [1.54, 1.807) is 16.7 Å². The number of rotatable bonds is 9. The normalized spacial score (nSPS) is 16.2. The summed E-state index contributed by atoms with van der Waals surface area (Å²) in [5, 5.41) is 2.74. The number of hydrogen-bond donors (Lipinski definition) is 1. The molecule has 2 atom stereocenters. The first-order valence-corrected chi connectivity index (χ1v) is 13.4. The van der Waals surface area contributed by atoms with Crippen LogP contribution < -0.4 is 21.3 Å². The Balaban J connectivity index is 1.48. The molecule has 4 aromatic rings. The molecule has 216 valence electrons. The summed E-state index contributed by atoms with van der Waals surface area (Å²) in [7, 11) is 0. The molecule has 0 aliphatic carbocycles. The van der Waals surface area contributed by atoms with Crippen LogP contribution in [0, 0.1) is 5.92 Å². The minimum atomic E-state index is -4.47. The molecule has 1 aliphatic rings. The van der Waals surface area contributed by atoms with E-state index in [0.29, 0.717) is 37.2 Å². The van der Waals surface area contributed by atoms with Gasteiger partial charge in [0, 0.05) is 38.0 Å². The zero-order valence-electron chi connectivity index (χ0n) is 22.5. The predicted octanol–water partition coefficient (Wildman–Crippen LogP) is 3.84. The summed E-state index contributed by atoms with van der Waals surface area (Å²) in [6.45, 7) is 4.81. The van der Waals surface area contributed by atoms with E-state index in [4.69, 9.17) is 4.74 Å². The highest BCUT2D eigenvalue weighted by molar-refractivity contribution is 5.78. The van der Waals surface area contributed by atoms with Crippen molar-refractivity contribution in [1.29, 1.82) is 0 Å². The van der Waals surface area contributed by atoms with E-state index in [1.807, 2.05) is 13.8 Å². The molecular formula is C28H29F3N6O4. The lowest BCUT2D eigenvalue weighted by Crippen LogP contribution is -2.40. The maximum Gasteiger partial charge on any atom is 0.416 e. The zero-order chi connectivity index (χ0) is 29.3. The largest absolute Gasteiger partial charge is 0.469 e. The average molecular weight is 571 g/mol. The lowest BCUT2D eigenvalue weighted by molar-refractivity contribution is -0.137. The minimum absolute atomic E-state index is 0.161. The molecule has 0 bridgehead atoms. The molecule has 4 heterocycles. The first-order valence-electron chi connectivity index (χ1n) is 13.4. The molecule has 1 aromatic carbocycles. The Hall–Kier alpha value is -4.42. The van der Waals surface area contributed by atoms with Gasteiger partial charge < -0.3 is 10.1 Å². The average Bonchev–Trinajstić information content (AvgIpc) is 3.59. The summed E-state index contributed by atoms with van der Waals surface area (Å²) in [4.78, 5) is 46.9. The van der Waals surface area contributed by atoms with Crippen LogP contribution in [-0.2, 0) is 24.1 Å². The minimum Gasteiger partial charge on any atom is -0.469 e. The topological polar surface area (TPSA) is 113 Å². The van der Waals surface area contributed by atoms with Crippen molar-refractivity contribution in [1.82, 2.24) is 29.0 Å². The Kier molecular flexibility index (Phi) is 7.70. The van der Waals surface area contributed by atoms with Gasteiger partial charge in [-0.3, -0.25) is 23.3 Å². The number of ether oxygens (including phenoxy) is 1. The van der Waals surface area contributed by atoms with E-state index in [0.717, 1.165) is 12.1 Å². The van der Waals surface area contributed by atoms with Gasteiger partial charge in [-0.1, -0.05) is 26.0 Å². The van der Waals surface area contributed by atoms with Gasteiger partial charge in [-0.2, -0.15) is 13.2 Å². The summed E-state index contributed by atoms with van der Waals surface area (Å²) in [5.41, 5.74) is -0.0967. The smallest absolute Gasteiger partial charge is 0.416 e. The molecule has 1 saturated heterocycles. The highest BCUT2D eigenvalue weighted by Crippen LogP contribution is 2.35. The number of nitrogens with zero attached hydrogens (tertiary/aromatic N) is 5. The standard InChI is InChI=1S/C28H29F3N6O4/c1-3-11-35-25-23(26(39)36(12-4-2)27(35)40)37(16-34-25)20-9-10-22(33-15-20)41-24(18-13-21(38)32-14-18)17-5-7-19(8-6-17)28(29,30)31/h5-10,15-16,18,24H,3-4,11-14H2,1-2H3,(H,32,38). The van der Waals surface area contributed by atoms with Crippen LogP contribution in [0.3, 0.4) is 0 Å². The van der Waals surface area contributed by atoms with Crippen LogP contribution in [-0.4, -0.2) is 36.1 Å². The number of carbonyl (C=O) groups is 1. The van der Waals surface area contributed by atoms with Gasteiger partial charge in [0.2, 0.25) is 11.8 Å². The molecule has 0 saturated carbocycles. The molecule has 1 N–H and O–H groups in total. The number of carbonyl (C=O) groups excluding carboxylic acids is 1. The Morgan fingerprint density at radius 3 is 2.29 bits per heavy atom. The van der Waals surface area contributed by atoms with Gasteiger partial charge in [0.15, 0.2) is 11.2 Å². The molecule has 5 rings (SSSR count). The third-order valence-electron chi connectivity index (χ3n) is 7.06. The van der Waals surface area contributed by atoms with Crippen LogP contribution in [0.25, 0.3) is 16.9 Å². The van der Waals surface area contributed by atoms with Crippen LogP contribution in [0.15, 0.2) is 58.5 Å². The summed E-state index contributed by atoms with van der Waals surface area (Å²) in [5.74, 6) is -0.291. The van der Waals surface area contributed by atoms with E-state index in [-0.39, 0.29) is 41.8 Å². The third kappa shape index (κ3) is 5.48. The molecule has 3 aromatic heterocycles. The van der Waals surface area contributed by atoms with E-state index in [9.17, 15) is 27.6 Å². The van der Waals surface area contributed by atoms with Crippen LogP contribution >= 0.6 is 0 Å². The number of hydrogen-bond acceptors (Lipinski definition) is 6. The van der Waals surface area contributed by atoms with Crippen LogP contribution in [0.1, 0.15) is 50.3 Å². The first kappa shape index (κ1) is 28.1. The van der Waals surface area contributed by atoms with Gasteiger partial charge >= 0.3 is 11.9 Å². The van der Waals surface area contributed by atoms with E-state index in [1.165, 1.54) is 33.8 Å². The van der Waals surface area contributed by atoms with Gasteiger partial charge in [-0.15, -0.1) is 0 Å². The van der Waals surface area contributed by atoms with Crippen molar-refractivity contribution in [2.24, 2.45) is 5.92 Å². The Bertz CT molecular complexity index is 1670. The second kappa shape index (κ2) is 11.2. The molecule has 0 radical (unpaired) electrons. The van der Waals surface area contributed by atoms with Crippen LogP contribution in [0.2, 0.25) is 0 Å². The van der Waals surface area contributed by atoms with Crippen molar-refractivity contribution in [2.45, 2.75) is 58.5 Å². The SMILES string of the molecule is CCCn1c(=O)c2c(ncn2-c2ccc(OC(c3ccc(C(F)(F)F)cc3)C3CNC(=O)C3)nc2)n(CCC)c1=O. The number of fused-ring (bicyclic) bond motifs is 1. The van der Waals surface area contributed by atoms with Crippen molar-refractivity contribution < 1.29 is 22.7 Å². The van der Waals surface area contributed by atoms with Crippen molar-refractivity contribution in [3.8, 4) is 11.6 Å². The second-order valence-corrected chi connectivity index (χ2v) is 9.96. The van der Waals surface area contributed by atoms with E-state index < -0.39 is 29.1 Å². The van der Waals surface area contributed by atoms with Crippen LogP contribution in [0.4, 0.5) is 13.2 Å². The van der Waals surface area contributed by atoms with Gasteiger partial charge in [0.05, 0.1) is 17.4 Å². The molecule has 10 nitrogen and oxygen atoms in total. The highest BCUT2D eigenvalue weighted by Gasteiger charge is 2.34. The fourth-order valence-electron chi connectivity index (χ4n) is 5.08. The Labute approximate surface area is 232 Å². The first-order chi connectivity index (χ1) is 19.6. The molecule has 1 amide bonds. The molecule has 1 aliphatic heterocycles. The number of alkyl halides is 3. The fourth-order valence-corrected chi connectivity index (χ4v) is 5.08. The Morgan fingerprint density at radius 1 is 1.00 bits per heavy atom. The maximum absolute atomic E-state index is 13.3. The molecule has 2 unspecified atom stereocenters. The van der Waals surface area contributed by atoms with Crippen molar-refractivity contribution in [3.63, 3.8) is 0 Å².